The van der Waals surface area contributed by atoms with Gasteiger partial charge < -0.3 is 38.5 Å². The number of ether oxygens (including phenoxy) is 7. The third kappa shape index (κ3) is 10.0. The molecule has 0 spiro atoms. The summed E-state index contributed by atoms with van der Waals surface area (Å²) in [5.41, 5.74) is 0.733. The molecule has 6 heterocycles. The minimum absolute atomic E-state index is 0.0100. The number of fused-ring (bicyclic) bond motifs is 2. The average molecular weight is 881 g/mol. The predicted octanol–water partition coefficient (Wildman–Crippen LogP) is 3.29. The molecule has 2 aliphatic heterocycles. The topological polar surface area (TPSA) is 264 Å². The summed E-state index contributed by atoms with van der Waals surface area (Å²) in [5.74, 6) is -1.63. The largest absolute Gasteiger partial charge is 0.482 e. The molecule has 2 aromatic carbocycles. The number of anilines is 2. The van der Waals surface area contributed by atoms with Crippen LogP contribution in [0.4, 0.5) is 11.8 Å². The van der Waals surface area contributed by atoms with Gasteiger partial charge in [0.1, 0.15) is 56.2 Å². The van der Waals surface area contributed by atoms with Crippen LogP contribution in [0.25, 0.3) is 22.3 Å². The van der Waals surface area contributed by atoms with Gasteiger partial charge in [-0.2, -0.15) is 4.98 Å². The highest BCUT2D eigenvalue weighted by Crippen LogP contribution is 2.35. The summed E-state index contributed by atoms with van der Waals surface area (Å²) in [4.78, 5) is 87.4. The van der Waals surface area contributed by atoms with Crippen LogP contribution in [0.15, 0.2) is 84.4 Å². The minimum Gasteiger partial charge on any atom is -0.482 e. The molecular weight excluding hydrogens is 837 g/mol. The molecule has 3 N–H and O–H groups in total. The van der Waals surface area contributed by atoms with Gasteiger partial charge in [0.2, 0.25) is 11.9 Å². The number of H-pyrrole nitrogens is 1. The third-order valence-corrected chi connectivity index (χ3v) is 10.3. The smallest absolute Gasteiger partial charge is 0.344 e. The van der Waals surface area contributed by atoms with E-state index in [2.05, 4.69) is 40.5 Å². The van der Waals surface area contributed by atoms with E-state index < -0.39 is 54.4 Å². The predicted molar refractivity (Wildman–Crippen MR) is 223 cm³/mol. The second kappa shape index (κ2) is 19.5. The van der Waals surface area contributed by atoms with E-state index in [1.807, 2.05) is 12.1 Å². The first-order valence-corrected chi connectivity index (χ1v) is 20.3. The van der Waals surface area contributed by atoms with Gasteiger partial charge in [-0.15, -0.1) is 0 Å². The summed E-state index contributed by atoms with van der Waals surface area (Å²) >= 11 is 0. The summed E-state index contributed by atoms with van der Waals surface area (Å²) in [6, 6.07) is 17.5. The maximum absolute atomic E-state index is 13.1. The van der Waals surface area contributed by atoms with Crippen molar-refractivity contribution in [2.45, 2.75) is 70.5 Å². The molecule has 2 fully saturated rings. The Morgan fingerprint density at radius 2 is 1.50 bits per heavy atom. The van der Waals surface area contributed by atoms with Gasteiger partial charge in [-0.05, 0) is 24.3 Å². The second-order valence-electron chi connectivity index (χ2n) is 15.1. The molecule has 0 radical (unpaired) electrons. The Hall–Kier alpha value is -7.14. The first kappa shape index (κ1) is 43.5. The maximum Gasteiger partial charge on any atom is 0.344 e. The van der Waals surface area contributed by atoms with Crippen LogP contribution in [-0.2, 0) is 42.8 Å². The molecule has 2 amide bonds. The fraction of sp³-hybridized carbons (Fsp3) is 0.381. The number of hydrogen-bond donors (Lipinski definition) is 3. The van der Waals surface area contributed by atoms with Gasteiger partial charge in [-0.25, -0.2) is 24.7 Å². The van der Waals surface area contributed by atoms with E-state index >= 15 is 0 Å². The molecule has 2 aliphatic rings. The summed E-state index contributed by atoms with van der Waals surface area (Å²) in [6.07, 6.45) is 0.0189. The van der Waals surface area contributed by atoms with Crippen molar-refractivity contribution in [3.63, 3.8) is 0 Å². The monoisotopic (exact) mass is 880 g/mol. The lowest BCUT2D eigenvalue weighted by Crippen LogP contribution is -2.34. The summed E-state index contributed by atoms with van der Waals surface area (Å²) in [5, 5.41) is 5.38. The van der Waals surface area contributed by atoms with Crippen LogP contribution in [0.5, 0.6) is 5.75 Å². The Balaban J connectivity index is 0.946. The van der Waals surface area contributed by atoms with E-state index in [-0.39, 0.29) is 80.1 Å². The first-order chi connectivity index (χ1) is 31.0. The van der Waals surface area contributed by atoms with E-state index in [1.165, 1.54) is 30.5 Å². The van der Waals surface area contributed by atoms with Crippen molar-refractivity contribution in [3.05, 3.63) is 95.6 Å². The van der Waals surface area contributed by atoms with E-state index in [9.17, 15) is 24.0 Å². The number of rotatable bonds is 17. The van der Waals surface area contributed by atoms with E-state index in [4.69, 9.17) is 33.2 Å². The number of hydrogen-bond acceptors (Lipinski definition) is 17. The average Bonchev–Trinajstić information content (AvgIpc) is 4.10. The minimum atomic E-state index is -0.855. The quantitative estimate of drug-likeness (QED) is 0.0674. The Bertz CT molecular complexity index is 2670. The van der Waals surface area contributed by atoms with Gasteiger partial charge in [0.05, 0.1) is 25.4 Å². The maximum atomic E-state index is 13.1. The van der Waals surface area contributed by atoms with Crippen LogP contribution < -0.4 is 20.9 Å². The molecule has 22 nitrogen and oxygen atoms in total. The number of carbonyl (C=O) groups excluding carboxylic acids is 4. The van der Waals surface area contributed by atoms with Crippen molar-refractivity contribution in [3.8, 4) is 5.75 Å². The Morgan fingerprint density at radius 3 is 2.22 bits per heavy atom. The standard InChI is InChI=1S/C42H44N10O12/c1-23(2)39(55)49-42-48-38-35(41(57)50-42)46-21-52(38)32-15-28(64-33(54)18-60-26-12-8-5-9-13-26)29(62-32)16-58-22-61-27-14-31(63-30(27)17-59-24(3)53)51-20-45-34-36(43-19-44-37(34)51)47-40(56)25-10-6-4-7-11-25/h4-13,19-21,23,27-32H,14-18,22H2,1-3H3,(H,43,44,47,56)(H2,48,49,50,55,57)/t27-,28-,29+,30+,31+,32+/m0/s1. The molecule has 0 saturated carbocycles. The van der Waals surface area contributed by atoms with Crippen molar-refractivity contribution in [2.24, 2.45) is 5.92 Å². The summed E-state index contributed by atoms with van der Waals surface area (Å²) in [6.45, 7) is 3.81. The highest BCUT2D eigenvalue weighted by atomic mass is 16.7. The van der Waals surface area contributed by atoms with Crippen LogP contribution in [-0.4, -0.2) is 114 Å². The van der Waals surface area contributed by atoms with Crippen LogP contribution in [0.1, 0.15) is 56.4 Å². The fourth-order valence-corrected chi connectivity index (χ4v) is 7.08. The fourth-order valence-electron chi connectivity index (χ4n) is 7.08. The van der Waals surface area contributed by atoms with E-state index in [0.717, 1.165) is 0 Å². The van der Waals surface area contributed by atoms with Gasteiger partial charge >= 0.3 is 11.9 Å². The number of benzene rings is 2. The van der Waals surface area contributed by atoms with Crippen LogP contribution in [0.2, 0.25) is 0 Å². The molecule has 0 aliphatic carbocycles. The molecule has 64 heavy (non-hydrogen) atoms. The molecule has 6 aromatic rings. The molecular formula is C42H44N10O12. The molecule has 8 rings (SSSR count). The molecule has 22 heteroatoms. The van der Waals surface area contributed by atoms with Crippen LogP contribution >= 0.6 is 0 Å². The number of para-hydroxylation sites is 1. The summed E-state index contributed by atoms with van der Waals surface area (Å²) < 4.78 is 44.8. The van der Waals surface area contributed by atoms with Crippen molar-refractivity contribution < 1.29 is 52.3 Å². The number of aromatic nitrogens is 8. The van der Waals surface area contributed by atoms with Crippen molar-refractivity contribution in [2.75, 3.05) is 37.2 Å². The zero-order valence-corrected chi connectivity index (χ0v) is 34.8. The Kier molecular flexibility index (Phi) is 13.3. The number of amides is 2. The third-order valence-electron chi connectivity index (χ3n) is 10.3. The lowest BCUT2D eigenvalue weighted by molar-refractivity contribution is -0.164. The molecule has 6 atom stereocenters. The molecule has 4 aromatic heterocycles. The number of aromatic amines is 1. The molecule has 2 saturated heterocycles. The Labute approximate surface area is 363 Å². The lowest BCUT2D eigenvalue weighted by atomic mass is 10.2. The van der Waals surface area contributed by atoms with Gasteiger partial charge in [-0.3, -0.25) is 38.6 Å². The number of nitrogens with zero attached hydrogens (tertiary/aromatic N) is 7. The number of nitrogens with one attached hydrogen (secondary N) is 3. The van der Waals surface area contributed by atoms with E-state index in [0.29, 0.717) is 22.5 Å². The highest BCUT2D eigenvalue weighted by Gasteiger charge is 2.41. The second-order valence-corrected chi connectivity index (χ2v) is 15.1. The number of carbonyl (C=O) groups is 4. The van der Waals surface area contributed by atoms with Crippen LogP contribution in [0.3, 0.4) is 0 Å². The van der Waals surface area contributed by atoms with Gasteiger partial charge in [-0.1, -0.05) is 50.2 Å². The zero-order chi connectivity index (χ0) is 44.7. The molecule has 0 bridgehead atoms. The molecule has 334 valence electrons. The normalized spacial score (nSPS) is 20.7. The van der Waals surface area contributed by atoms with Crippen molar-refractivity contribution in [1.29, 1.82) is 0 Å². The van der Waals surface area contributed by atoms with Gasteiger partial charge in [0, 0.05) is 31.2 Å². The lowest BCUT2D eigenvalue weighted by Gasteiger charge is -2.21. The van der Waals surface area contributed by atoms with Gasteiger partial charge in [0.25, 0.3) is 11.5 Å². The van der Waals surface area contributed by atoms with Crippen LogP contribution in [0, 0.1) is 5.92 Å². The van der Waals surface area contributed by atoms with E-state index in [1.54, 1.807) is 66.9 Å². The SMILES string of the molecule is CC(=O)OC[C@H]1O[C@@H](n2cnc3c(NC(=O)c4ccccc4)ncnc32)C[C@@H]1OCOC[C@H]1O[C@@H](n2cnc3c(=O)[nH]c(NC(=O)C(C)C)nc32)C[C@@H]1OC(=O)COc1ccccc1. The number of imidazole rings is 2. The number of esters is 2. The molecule has 0 unspecified atom stereocenters. The first-order valence-electron chi connectivity index (χ1n) is 20.3. The van der Waals surface area contributed by atoms with Crippen molar-refractivity contribution in [1.82, 2.24) is 39.0 Å². The highest BCUT2D eigenvalue weighted by molar-refractivity contribution is 6.06. The Morgan fingerprint density at radius 1 is 0.828 bits per heavy atom. The van der Waals surface area contributed by atoms with Gasteiger partial charge in [0.15, 0.2) is 34.8 Å². The van der Waals surface area contributed by atoms with Crippen molar-refractivity contribution >= 4 is 57.8 Å². The zero-order valence-electron chi connectivity index (χ0n) is 34.8. The summed E-state index contributed by atoms with van der Waals surface area (Å²) in [7, 11) is 0.